The quantitative estimate of drug-likeness (QED) is 0.802. The van der Waals surface area contributed by atoms with Crippen LogP contribution in [-0.4, -0.2) is 43.7 Å². The summed E-state index contributed by atoms with van der Waals surface area (Å²) in [5, 5.41) is 2.31. The lowest BCUT2D eigenvalue weighted by Crippen LogP contribution is -2.53. The van der Waals surface area contributed by atoms with Gasteiger partial charge in [-0.15, -0.1) is 0 Å². The molecule has 6 nitrogen and oxygen atoms in total. The van der Waals surface area contributed by atoms with E-state index in [4.69, 9.17) is 10.5 Å². The van der Waals surface area contributed by atoms with Crippen LogP contribution < -0.4 is 11.1 Å². The number of nitrogens with one attached hydrogen (secondary N) is 1. The highest BCUT2D eigenvalue weighted by molar-refractivity contribution is 7.91. The first-order chi connectivity index (χ1) is 8.47. The Morgan fingerprint density at radius 2 is 2.05 bits per heavy atom. The van der Waals surface area contributed by atoms with Crippen LogP contribution >= 0.6 is 0 Å². The molecule has 1 fully saturated rings. The minimum absolute atomic E-state index is 0.207. The summed E-state index contributed by atoms with van der Waals surface area (Å²) < 4.78 is 28.3. The number of amides is 1. The van der Waals surface area contributed by atoms with Gasteiger partial charge in [-0.25, -0.2) is 13.2 Å². The van der Waals surface area contributed by atoms with Crippen molar-refractivity contribution >= 4 is 15.9 Å². The Hall–Kier alpha value is -0.820. The molecular formula is C12H24N2O4S. The molecule has 1 saturated carbocycles. The van der Waals surface area contributed by atoms with Crippen LogP contribution in [0.25, 0.3) is 0 Å². The van der Waals surface area contributed by atoms with Gasteiger partial charge in [0, 0.05) is 12.8 Å². The Labute approximate surface area is 115 Å². The smallest absolute Gasteiger partial charge is 0.408 e. The number of carbonyl (C=O) groups excluding carboxylic acids is 1. The van der Waals surface area contributed by atoms with Crippen molar-refractivity contribution in [1.82, 2.24) is 5.32 Å². The lowest BCUT2D eigenvalue weighted by Gasteiger charge is -2.30. The van der Waals surface area contributed by atoms with E-state index >= 15 is 0 Å². The number of alkyl carbamates (subject to hydrolysis) is 1. The second-order valence-corrected chi connectivity index (χ2v) is 8.63. The number of carbonyl (C=O) groups is 1. The molecule has 19 heavy (non-hydrogen) atoms. The Morgan fingerprint density at radius 1 is 1.47 bits per heavy atom. The molecule has 1 rings (SSSR count). The molecule has 7 heteroatoms. The third-order valence-corrected chi connectivity index (χ3v) is 4.94. The Balaban J connectivity index is 2.72. The van der Waals surface area contributed by atoms with Crippen molar-refractivity contribution in [2.45, 2.75) is 56.4 Å². The van der Waals surface area contributed by atoms with Crippen LogP contribution in [0.3, 0.4) is 0 Å². The first-order valence-corrected chi connectivity index (χ1v) is 8.33. The van der Waals surface area contributed by atoms with Crippen LogP contribution in [0.2, 0.25) is 0 Å². The van der Waals surface area contributed by atoms with Crippen molar-refractivity contribution in [3.05, 3.63) is 0 Å². The lowest BCUT2D eigenvalue weighted by molar-refractivity contribution is 0.0460. The molecule has 2 atom stereocenters. The molecule has 0 radical (unpaired) electrons. The molecule has 1 aliphatic rings. The van der Waals surface area contributed by atoms with E-state index in [1.165, 1.54) is 6.26 Å². The molecule has 0 aliphatic heterocycles. The minimum atomic E-state index is -3.10. The summed E-state index contributed by atoms with van der Waals surface area (Å²) in [5.41, 5.74) is 4.46. The second kappa shape index (κ2) is 5.28. The van der Waals surface area contributed by atoms with Gasteiger partial charge in [-0.1, -0.05) is 0 Å². The largest absolute Gasteiger partial charge is 0.444 e. The number of rotatable bonds is 3. The van der Waals surface area contributed by atoms with E-state index in [9.17, 15) is 13.2 Å². The van der Waals surface area contributed by atoms with Crippen LogP contribution in [0.15, 0.2) is 0 Å². The third kappa shape index (κ3) is 4.65. The molecule has 0 heterocycles. The van der Waals surface area contributed by atoms with E-state index in [2.05, 4.69) is 5.32 Å². The summed E-state index contributed by atoms with van der Waals surface area (Å²) in [7, 11) is -3.10. The average molecular weight is 292 g/mol. The highest BCUT2D eigenvalue weighted by atomic mass is 32.2. The fourth-order valence-electron chi connectivity index (χ4n) is 2.31. The van der Waals surface area contributed by atoms with Crippen molar-refractivity contribution in [2.24, 2.45) is 5.73 Å². The SMILES string of the molecule is CC(C)(C)OC(=O)N[C@]1(CN)CC[C@@H](S(C)(=O)=O)C1. The van der Waals surface area contributed by atoms with Crippen LogP contribution in [-0.2, 0) is 14.6 Å². The van der Waals surface area contributed by atoms with Gasteiger partial charge in [0.1, 0.15) is 15.4 Å². The summed E-state index contributed by atoms with van der Waals surface area (Å²) in [6.45, 7) is 5.53. The maximum atomic E-state index is 11.8. The van der Waals surface area contributed by atoms with E-state index in [1.807, 2.05) is 0 Å². The minimum Gasteiger partial charge on any atom is -0.444 e. The molecule has 3 N–H and O–H groups in total. The molecule has 1 aliphatic carbocycles. The maximum absolute atomic E-state index is 11.8. The van der Waals surface area contributed by atoms with E-state index in [0.29, 0.717) is 19.3 Å². The van der Waals surface area contributed by atoms with Crippen molar-refractivity contribution in [3.63, 3.8) is 0 Å². The van der Waals surface area contributed by atoms with Crippen LogP contribution in [0.1, 0.15) is 40.0 Å². The number of hydrogen-bond donors (Lipinski definition) is 2. The van der Waals surface area contributed by atoms with E-state index in [1.54, 1.807) is 20.8 Å². The fraction of sp³-hybridized carbons (Fsp3) is 0.917. The van der Waals surface area contributed by atoms with Gasteiger partial charge < -0.3 is 15.8 Å². The van der Waals surface area contributed by atoms with Crippen molar-refractivity contribution < 1.29 is 17.9 Å². The third-order valence-electron chi connectivity index (χ3n) is 3.33. The van der Waals surface area contributed by atoms with Gasteiger partial charge in [0.15, 0.2) is 0 Å². The molecule has 1 amide bonds. The molecule has 0 aromatic heterocycles. The fourth-order valence-corrected chi connectivity index (χ4v) is 3.48. The molecule has 0 unspecified atom stereocenters. The van der Waals surface area contributed by atoms with Gasteiger partial charge >= 0.3 is 6.09 Å². The lowest BCUT2D eigenvalue weighted by atomic mass is 9.98. The predicted molar refractivity (Wildman–Crippen MR) is 73.6 cm³/mol. The average Bonchev–Trinajstić information content (AvgIpc) is 2.59. The van der Waals surface area contributed by atoms with E-state index < -0.39 is 32.3 Å². The zero-order chi connectivity index (χ0) is 14.9. The highest BCUT2D eigenvalue weighted by Gasteiger charge is 2.43. The Kier molecular flexibility index (Phi) is 4.51. The van der Waals surface area contributed by atoms with Gasteiger partial charge in [0.2, 0.25) is 0 Å². The molecule has 0 spiro atoms. The monoisotopic (exact) mass is 292 g/mol. The Morgan fingerprint density at radius 3 is 2.42 bits per heavy atom. The zero-order valence-corrected chi connectivity index (χ0v) is 12.8. The molecule has 0 aromatic carbocycles. The summed E-state index contributed by atoms with van der Waals surface area (Å²) >= 11 is 0. The van der Waals surface area contributed by atoms with Crippen molar-refractivity contribution in [3.8, 4) is 0 Å². The molecule has 112 valence electrons. The highest BCUT2D eigenvalue weighted by Crippen LogP contribution is 2.33. The van der Waals surface area contributed by atoms with Crippen LogP contribution in [0.5, 0.6) is 0 Å². The van der Waals surface area contributed by atoms with E-state index in [0.717, 1.165) is 0 Å². The van der Waals surface area contributed by atoms with E-state index in [-0.39, 0.29) is 6.54 Å². The van der Waals surface area contributed by atoms with Gasteiger partial charge in [0.25, 0.3) is 0 Å². The van der Waals surface area contributed by atoms with Crippen molar-refractivity contribution in [2.75, 3.05) is 12.8 Å². The van der Waals surface area contributed by atoms with Gasteiger partial charge in [0.05, 0.1) is 10.8 Å². The molecular weight excluding hydrogens is 268 g/mol. The standard InChI is InChI=1S/C12H24N2O4S/c1-11(2,3)18-10(15)14-12(8-13)6-5-9(7-12)19(4,16)17/h9H,5-8,13H2,1-4H3,(H,14,15)/t9-,12-/m1/s1. The normalized spacial score (nSPS) is 28.2. The van der Waals surface area contributed by atoms with Crippen LogP contribution in [0.4, 0.5) is 4.79 Å². The van der Waals surface area contributed by atoms with Crippen LogP contribution in [0, 0.1) is 0 Å². The number of ether oxygens (including phenoxy) is 1. The molecule has 0 saturated heterocycles. The summed E-state index contributed by atoms with van der Waals surface area (Å²) in [4.78, 5) is 11.8. The summed E-state index contributed by atoms with van der Waals surface area (Å²) in [6, 6.07) is 0. The van der Waals surface area contributed by atoms with Gasteiger partial charge in [-0.2, -0.15) is 0 Å². The first kappa shape index (κ1) is 16.2. The first-order valence-electron chi connectivity index (χ1n) is 6.38. The number of nitrogens with two attached hydrogens (primary N) is 1. The Bertz CT molecular complexity index is 441. The summed E-state index contributed by atoms with van der Waals surface area (Å²) in [6.07, 6.45) is 2.10. The predicted octanol–water partition coefficient (Wildman–Crippen LogP) is 0.806. The second-order valence-electron chi connectivity index (χ2n) is 6.31. The maximum Gasteiger partial charge on any atom is 0.408 e. The topological polar surface area (TPSA) is 98.5 Å². The molecule has 0 aromatic rings. The number of hydrogen-bond acceptors (Lipinski definition) is 5. The molecule has 0 bridgehead atoms. The van der Waals surface area contributed by atoms with Crippen molar-refractivity contribution in [1.29, 1.82) is 0 Å². The van der Waals surface area contributed by atoms with Gasteiger partial charge in [-0.3, -0.25) is 0 Å². The summed E-state index contributed by atoms with van der Waals surface area (Å²) in [5.74, 6) is 0. The number of sulfone groups is 1. The zero-order valence-electron chi connectivity index (χ0n) is 12.0. The van der Waals surface area contributed by atoms with Gasteiger partial charge in [-0.05, 0) is 40.0 Å².